The number of pyridine rings is 1. The molecule has 0 atom stereocenters. The van der Waals surface area contributed by atoms with Gasteiger partial charge in [0.1, 0.15) is 0 Å². The van der Waals surface area contributed by atoms with Gasteiger partial charge in [0.2, 0.25) is 0 Å². The van der Waals surface area contributed by atoms with E-state index < -0.39 is 0 Å². The van der Waals surface area contributed by atoms with Crippen LogP contribution in [-0.4, -0.2) is 15.9 Å². The van der Waals surface area contributed by atoms with Gasteiger partial charge in [0.25, 0.3) is 5.91 Å². The average molecular weight is 377 g/mol. The Balaban J connectivity index is 1.46. The molecule has 0 radical (unpaired) electrons. The van der Waals surface area contributed by atoms with Crippen molar-refractivity contribution in [3.05, 3.63) is 82.9 Å². The Kier molecular flexibility index (Phi) is 4.95. The number of thioether (sulfide) groups is 1. The molecular formula is C20H15N3OS2. The zero-order chi connectivity index (χ0) is 17.8. The summed E-state index contributed by atoms with van der Waals surface area (Å²) in [4.78, 5) is 22.3. The second-order valence-electron chi connectivity index (χ2n) is 5.63. The lowest BCUT2D eigenvalue weighted by molar-refractivity contribution is 0.102. The number of carbonyl (C=O) groups is 1. The largest absolute Gasteiger partial charge is 0.320 e. The summed E-state index contributed by atoms with van der Waals surface area (Å²) < 4.78 is 0. The monoisotopic (exact) mass is 377 g/mol. The standard InChI is InChI=1S/C20H15N3OS2/c24-20(23-18-5-1-3-14-4-2-10-21-19(14)18)15-6-8-17(9-7-15)26-12-16-11-25-13-22-16/h1-11,13H,12H2,(H,23,24). The van der Waals surface area contributed by atoms with E-state index in [0.717, 1.165) is 32.9 Å². The van der Waals surface area contributed by atoms with Gasteiger partial charge in [0.05, 0.1) is 22.4 Å². The number of nitrogens with one attached hydrogen (secondary N) is 1. The number of rotatable bonds is 5. The number of anilines is 1. The zero-order valence-electron chi connectivity index (χ0n) is 13.8. The van der Waals surface area contributed by atoms with Gasteiger partial charge in [-0.25, -0.2) is 4.98 Å². The lowest BCUT2D eigenvalue weighted by Gasteiger charge is -2.08. The van der Waals surface area contributed by atoms with Crippen molar-refractivity contribution in [3.8, 4) is 0 Å². The van der Waals surface area contributed by atoms with Crippen molar-refractivity contribution in [1.29, 1.82) is 0 Å². The third kappa shape index (κ3) is 3.76. The molecule has 0 spiro atoms. The van der Waals surface area contributed by atoms with Crippen molar-refractivity contribution in [2.75, 3.05) is 5.32 Å². The molecule has 4 rings (SSSR count). The number of amides is 1. The fourth-order valence-electron chi connectivity index (χ4n) is 2.57. The molecule has 128 valence electrons. The van der Waals surface area contributed by atoms with Crippen molar-refractivity contribution < 1.29 is 4.79 Å². The molecule has 0 aliphatic carbocycles. The second kappa shape index (κ2) is 7.68. The highest BCUT2D eigenvalue weighted by Crippen LogP contribution is 2.24. The lowest BCUT2D eigenvalue weighted by atomic mass is 10.1. The van der Waals surface area contributed by atoms with Gasteiger partial charge >= 0.3 is 0 Å². The van der Waals surface area contributed by atoms with E-state index in [1.54, 1.807) is 29.3 Å². The Morgan fingerprint density at radius 1 is 1.04 bits per heavy atom. The molecule has 1 N–H and O–H groups in total. The normalized spacial score (nSPS) is 10.8. The predicted octanol–water partition coefficient (Wildman–Crippen LogP) is 5.24. The van der Waals surface area contributed by atoms with Crippen LogP contribution in [0, 0.1) is 0 Å². The fraction of sp³-hybridized carbons (Fsp3) is 0.0500. The van der Waals surface area contributed by atoms with Crippen LogP contribution < -0.4 is 5.32 Å². The van der Waals surface area contributed by atoms with Crippen LogP contribution in [0.5, 0.6) is 0 Å². The molecule has 26 heavy (non-hydrogen) atoms. The summed E-state index contributed by atoms with van der Waals surface area (Å²) in [7, 11) is 0. The molecule has 1 amide bonds. The van der Waals surface area contributed by atoms with Gasteiger partial charge in [-0.3, -0.25) is 9.78 Å². The van der Waals surface area contributed by atoms with Crippen LogP contribution in [0.4, 0.5) is 5.69 Å². The Morgan fingerprint density at radius 3 is 2.69 bits per heavy atom. The van der Waals surface area contributed by atoms with Crippen LogP contribution in [0.1, 0.15) is 16.1 Å². The average Bonchev–Trinajstić information content (AvgIpc) is 3.21. The Hall–Kier alpha value is -2.70. The maximum absolute atomic E-state index is 12.6. The summed E-state index contributed by atoms with van der Waals surface area (Å²) in [5, 5.41) is 6.01. The number of nitrogens with zero attached hydrogens (tertiary/aromatic N) is 2. The summed E-state index contributed by atoms with van der Waals surface area (Å²) in [5.74, 6) is 0.690. The molecule has 0 bridgehead atoms. The van der Waals surface area contributed by atoms with Gasteiger partial charge in [0.15, 0.2) is 0 Å². The minimum atomic E-state index is -0.140. The van der Waals surface area contributed by atoms with Crippen molar-refractivity contribution in [2.24, 2.45) is 0 Å². The molecule has 4 aromatic rings. The SMILES string of the molecule is O=C(Nc1cccc2cccnc12)c1ccc(SCc2cscn2)cc1. The number of benzene rings is 2. The first kappa shape index (κ1) is 16.8. The Labute approximate surface area is 159 Å². The Morgan fingerprint density at radius 2 is 1.88 bits per heavy atom. The van der Waals surface area contributed by atoms with E-state index in [1.807, 2.05) is 65.5 Å². The quantitative estimate of drug-likeness (QED) is 0.484. The van der Waals surface area contributed by atoms with E-state index in [9.17, 15) is 4.79 Å². The smallest absolute Gasteiger partial charge is 0.255 e. The third-order valence-corrected chi connectivity index (χ3v) is 5.55. The molecule has 0 unspecified atom stereocenters. The summed E-state index contributed by atoms with van der Waals surface area (Å²) in [6.45, 7) is 0. The highest BCUT2D eigenvalue weighted by molar-refractivity contribution is 7.98. The number of aromatic nitrogens is 2. The highest BCUT2D eigenvalue weighted by atomic mass is 32.2. The van der Waals surface area contributed by atoms with Gasteiger partial charge in [-0.1, -0.05) is 18.2 Å². The zero-order valence-corrected chi connectivity index (χ0v) is 15.4. The third-order valence-electron chi connectivity index (χ3n) is 3.87. The molecule has 2 aromatic heterocycles. The van der Waals surface area contributed by atoms with Gasteiger partial charge < -0.3 is 5.32 Å². The number of carbonyl (C=O) groups excluding carboxylic acids is 1. The molecule has 2 aromatic carbocycles. The minimum absolute atomic E-state index is 0.140. The van der Waals surface area contributed by atoms with Crippen LogP contribution in [0.2, 0.25) is 0 Å². The molecule has 0 fully saturated rings. The van der Waals surface area contributed by atoms with E-state index >= 15 is 0 Å². The van der Waals surface area contributed by atoms with Crippen molar-refractivity contribution in [2.45, 2.75) is 10.6 Å². The van der Waals surface area contributed by atoms with E-state index in [0.29, 0.717) is 5.56 Å². The molecular weight excluding hydrogens is 362 g/mol. The lowest BCUT2D eigenvalue weighted by Crippen LogP contribution is -2.12. The number of hydrogen-bond acceptors (Lipinski definition) is 5. The molecule has 4 nitrogen and oxygen atoms in total. The first-order valence-electron chi connectivity index (χ1n) is 8.04. The Bertz CT molecular complexity index is 1030. The number of thiazole rings is 1. The van der Waals surface area contributed by atoms with Gasteiger partial charge in [-0.2, -0.15) is 0 Å². The van der Waals surface area contributed by atoms with Crippen molar-refractivity contribution in [3.63, 3.8) is 0 Å². The van der Waals surface area contributed by atoms with Crippen LogP contribution in [0.15, 0.2) is 76.6 Å². The summed E-state index contributed by atoms with van der Waals surface area (Å²) in [6.07, 6.45) is 1.73. The topological polar surface area (TPSA) is 54.9 Å². The maximum atomic E-state index is 12.6. The molecule has 6 heteroatoms. The van der Waals surface area contributed by atoms with Gasteiger partial charge in [-0.05, 0) is 36.4 Å². The summed E-state index contributed by atoms with van der Waals surface area (Å²) in [5.41, 5.74) is 5.04. The molecule has 0 aliphatic rings. The van der Waals surface area contributed by atoms with Crippen LogP contribution in [0.25, 0.3) is 10.9 Å². The molecule has 0 saturated carbocycles. The maximum Gasteiger partial charge on any atom is 0.255 e. The summed E-state index contributed by atoms with van der Waals surface area (Å²) >= 11 is 3.31. The van der Waals surface area contributed by atoms with Crippen molar-refractivity contribution >= 4 is 45.6 Å². The highest BCUT2D eigenvalue weighted by Gasteiger charge is 2.09. The fourth-order valence-corrected chi connectivity index (χ4v) is 4.03. The molecule has 2 heterocycles. The number of fused-ring (bicyclic) bond motifs is 1. The van der Waals surface area contributed by atoms with Crippen molar-refractivity contribution in [1.82, 2.24) is 9.97 Å². The van der Waals surface area contributed by atoms with E-state index in [1.165, 1.54) is 0 Å². The van der Waals surface area contributed by atoms with Gasteiger partial charge in [-0.15, -0.1) is 23.1 Å². The number of para-hydroxylation sites is 1. The second-order valence-corrected chi connectivity index (χ2v) is 7.40. The van der Waals surface area contributed by atoms with E-state index in [4.69, 9.17) is 0 Å². The molecule has 0 saturated heterocycles. The minimum Gasteiger partial charge on any atom is -0.320 e. The first-order valence-corrected chi connectivity index (χ1v) is 9.97. The van der Waals surface area contributed by atoms with Crippen LogP contribution in [-0.2, 0) is 5.75 Å². The van der Waals surface area contributed by atoms with E-state index in [2.05, 4.69) is 15.3 Å². The number of hydrogen-bond donors (Lipinski definition) is 1. The summed E-state index contributed by atoms with van der Waals surface area (Å²) in [6, 6.07) is 17.2. The van der Waals surface area contributed by atoms with Crippen LogP contribution in [0.3, 0.4) is 0 Å². The predicted molar refractivity (Wildman–Crippen MR) is 108 cm³/mol. The van der Waals surface area contributed by atoms with E-state index in [-0.39, 0.29) is 5.91 Å². The first-order chi connectivity index (χ1) is 12.8. The van der Waals surface area contributed by atoms with Gasteiger partial charge in [0, 0.05) is 33.2 Å². The van der Waals surface area contributed by atoms with Crippen LogP contribution >= 0.6 is 23.1 Å². The molecule has 0 aliphatic heterocycles.